The Morgan fingerprint density at radius 1 is 1.17 bits per heavy atom. The second-order valence-corrected chi connectivity index (χ2v) is 5.21. The molecular weight excluding hydrogens is 292 g/mol. The van der Waals surface area contributed by atoms with Crippen molar-refractivity contribution in [3.63, 3.8) is 0 Å². The lowest BCUT2D eigenvalue weighted by Crippen LogP contribution is -2.22. The summed E-state index contributed by atoms with van der Waals surface area (Å²) in [7, 11) is 0. The van der Waals surface area contributed by atoms with E-state index in [1.54, 1.807) is 6.92 Å². The quantitative estimate of drug-likeness (QED) is 0.778. The number of carbonyl (C=O) groups excluding carboxylic acids is 1. The largest absolute Gasteiger partial charge is 0.478 e. The van der Waals surface area contributed by atoms with E-state index in [4.69, 9.17) is 4.74 Å². The minimum absolute atomic E-state index is 0.128. The zero-order valence-corrected chi connectivity index (χ0v) is 12.6. The van der Waals surface area contributed by atoms with Crippen molar-refractivity contribution in [2.75, 3.05) is 11.9 Å². The van der Waals surface area contributed by atoms with E-state index in [1.807, 2.05) is 42.5 Å². The summed E-state index contributed by atoms with van der Waals surface area (Å²) in [6.45, 7) is 1.55. The van der Waals surface area contributed by atoms with Gasteiger partial charge in [-0.3, -0.25) is 9.59 Å². The molecule has 0 aliphatic rings. The van der Waals surface area contributed by atoms with E-state index in [-0.39, 0.29) is 23.7 Å². The van der Waals surface area contributed by atoms with Gasteiger partial charge in [-0.25, -0.2) is 0 Å². The van der Waals surface area contributed by atoms with Crippen LogP contribution in [0.25, 0.3) is 10.8 Å². The SMILES string of the molecule is Cc1cc(=O)c(OCC(=O)Nc2cccc3ccccc23)c[nH]1. The van der Waals surface area contributed by atoms with E-state index in [1.165, 1.54) is 12.3 Å². The molecular formula is C18H16N2O3. The van der Waals surface area contributed by atoms with Crippen LogP contribution >= 0.6 is 0 Å². The molecule has 116 valence electrons. The van der Waals surface area contributed by atoms with Gasteiger partial charge < -0.3 is 15.0 Å². The molecule has 23 heavy (non-hydrogen) atoms. The molecule has 1 amide bonds. The highest BCUT2D eigenvalue weighted by atomic mass is 16.5. The van der Waals surface area contributed by atoms with Crippen LogP contribution in [0.4, 0.5) is 5.69 Å². The van der Waals surface area contributed by atoms with Crippen molar-refractivity contribution in [3.05, 3.63) is 70.6 Å². The Hall–Kier alpha value is -3.08. The van der Waals surface area contributed by atoms with Crippen molar-refractivity contribution in [1.82, 2.24) is 4.98 Å². The number of aromatic nitrogens is 1. The maximum Gasteiger partial charge on any atom is 0.262 e. The zero-order chi connectivity index (χ0) is 16.2. The van der Waals surface area contributed by atoms with Gasteiger partial charge in [-0.2, -0.15) is 0 Å². The third kappa shape index (κ3) is 3.40. The van der Waals surface area contributed by atoms with E-state index >= 15 is 0 Å². The smallest absolute Gasteiger partial charge is 0.262 e. The third-order valence-corrected chi connectivity index (χ3v) is 3.44. The molecule has 1 aromatic heterocycles. The van der Waals surface area contributed by atoms with E-state index in [2.05, 4.69) is 10.3 Å². The standard InChI is InChI=1S/C18H16N2O3/c1-12-9-16(21)17(10-19-12)23-11-18(22)20-15-8-4-6-13-5-2-3-7-14(13)15/h2-10H,11H2,1H3,(H,19,21)(H,20,22). The number of pyridine rings is 1. The molecule has 2 N–H and O–H groups in total. The summed E-state index contributed by atoms with van der Waals surface area (Å²) in [5.41, 5.74) is 1.20. The minimum Gasteiger partial charge on any atom is -0.478 e. The Labute approximate surface area is 132 Å². The maximum atomic E-state index is 12.1. The van der Waals surface area contributed by atoms with Gasteiger partial charge >= 0.3 is 0 Å². The van der Waals surface area contributed by atoms with Crippen LogP contribution in [0.1, 0.15) is 5.69 Å². The predicted octanol–water partition coefficient (Wildman–Crippen LogP) is 2.85. The van der Waals surface area contributed by atoms with Gasteiger partial charge in [0.2, 0.25) is 5.43 Å². The summed E-state index contributed by atoms with van der Waals surface area (Å²) >= 11 is 0. The lowest BCUT2D eigenvalue weighted by molar-refractivity contribution is -0.118. The first kappa shape index (κ1) is 14.8. The molecule has 0 fully saturated rings. The topological polar surface area (TPSA) is 71.2 Å². The Bertz CT molecular complexity index is 910. The number of amides is 1. The van der Waals surface area contributed by atoms with E-state index in [9.17, 15) is 9.59 Å². The van der Waals surface area contributed by atoms with E-state index in [0.717, 1.165) is 22.2 Å². The van der Waals surface area contributed by atoms with Crippen LogP contribution in [0.2, 0.25) is 0 Å². The van der Waals surface area contributed by atoms with Crippen LogP contribution in [0.5, 0.6) is 5.75 Å². The van der Waals surface area contributed by atoms with Crippen LogP contribution < -0.4 is 15.5 Å². The molecule has 5 heteroatoms. The summed E-state index contributed by atoms with van der Waals surface area (Å²) in [5, 5.41) is 4.81. The fourth-order valence-electron chi connectivity index (χ4n) is 2.34. The highest BCUT2D eigenvalue weighted by molar-refractivity contribution is 6.02. The second-order valence-electron chi connectivity index (χ2n) is 5.21. The lowest BCUT2D eigenvalue weighted by Gasteiger charge is -2.09. The van der Waals surface area contributed by atoms with E-state index < -0.39 is 0 Å². The molecule has 0 spiro atoms. The molecule has 0 unspecified atom stereocenters. The number of rotatable bonds is 4. The molecule has 3 aromatic rings. The number of ether oxygens (including phenoxy) is 1. The van der Waals surface area contributed by atoms with Crippen molar-refractivity contribution in [1.29, 1.82) is 0 Å². The Kier molecular flexibility index (Phi) is 4.10. The summed E-state index contributed by atoms with van der Waals surface area (Å²) in [6.07, 6.45) is 1.46. The van der Waals surface area contributed by atoms with Crippen molar-refractivity contribution in [3.8, 4) is 5.75 Å². The summed E-state index contributed by atoms with van der Waals surface area (Å²) in [6, 6.07) is 14.9. The molecule has 1 heterocycles. The maximum absolute atomic E-state index is 12.1. The summed E-state index contributed by atoms with van der Waals surface area (Å²) in [4.78, 5) is 26.6. The highest BCUT2D eigenvalue weighted by Crippen LogP contribution is 2.22. The average molecular weight is 308 g/mol. The molecule has 0 aliphatic carbocycles. The Morgan fingerprint density at radius 3 is 2.78 bits per heavy atom. The van der Waals surface area contributed by atoms with Gasteiger partial charge in [0.15, 0.2) is 12.4 Å². The number of anilines is 1. The fraction of sp³-hybridized carbons (Fsp3) is 0.111. The molecule has 0 radical (unpaired) electrons. The molecule has 0 saturated heterocycles. The van der Waals surface area contributed by atoms with Crippen molar-refractivity contribution >= 4 is 22.4 Å². The number of benzene rings is 2. The summed E-state index contributed by atoms with van der Waals surface area (Å²) < 4.78 is 5.28. The number of H-pyrrole nitrogens is 1. The van der Waals surface area contributed by atoms with Gasteiger partial charge in [0.1, 0.15) is 0 Å². The van der Waals surface area contributed by atoms with Crippen molar-refractivity contribution in [2.24, 2.45) is 0 Å². The zero-order valence-electron chi connectivity index (χ0n) is 12.6. The van der Waals surface area contributed by atoms with Gasteiger partial charge in [0.05, 0.1) is 0 Å². The van der Waals surface area contributed by atoms with Gasteiger partial charge in [0, 0.05) is 29.0 Å². The molecule has 0 saturated carbocycles. The van der Waals surface area contributed by atoms with Gasteiger partial charge in [-0.1, -0.05) is 36.4 Å². The first-order valence-electron chi connectivity index (χ1n) is 7.23. The highest BCUT2D eigenvalue weighted by Gasteiger charge is 2.08. The van der Waals surface area contributed by atoms with Crippen LogP contribution in [0.3, 0.4) is 0 Å². The molecule has 5 nitrogen and oxygen atoms in total. The van der Waals surface area contributed by atoms with Crippen molar-refractivity contribution in [2.45, 2.75) is 6.92 Å². The molecule has 3 rings (SSSR count). The van der Waals surface area contributed by atoms with Crippen molar-refractivity contribution < 1.29 is 9.53 Å². The summed E-state index contributed by atoms with van der Waals surface area (Å²) in [5.74, 6) is -0.190. The minimum atomic E-state index is -0.318. The van der Waals surface area contributed by atoms with Crippen LogP contribution in [-0.2, 0) is 4.79 Å². The average Bonchev–Trinajstić information content (AvgIpc) is 2.54. The van der Waals surface area contributed by atoms with Gasteiger partial charge in [0.25, 0.3) is 5.91 Å². The number of aryl methyl sites for hydroxylation is 1. The predicted molar refractivity (Wildman–Crippen MR) is 89.9 cm³/mol. The lowest BCUT2D eigenvalue weighted by atomic mass is 10.1. The number of aromatic amines is 1. The molecule has 2 aromatic carbocycles. The van der Waals surface area contributed by atoms with Crippen LogP contribution in [0, 0.1) is 6.92 Å². The normalized spacial score (nSPS) is 10.5. The fourth-order valence-corrected chi connectivity index (χ4v) is 2.34. The van der Waals surface area contributed by atoms with Gasteiger partial charge in [-0.15, -0.1) is 0 Å². The third-order valence-electron chi connectivity index (χ3n) is 3.44. The Balaban J connectivity index is 1.70. The number of hydrogen-bond acceptors (Lipinski definition) is 3. The van der Waals surface area contributed by atoms with Crippen LogP contribution in [-0.4, -0.2) is 17.5 Å². The molecule has 0 aliphatic heterocycles. The number of hydrogen-bond donors (Lipinski definition) is 2. The first-order valence-corrected chi connectivity index (χ1v) is 7.23. The Morgan fingerprint density at radius 2 is 1.96 bits per heavy atom. The number of nitrogens with one attached hydrogen (secondary N) is 2. The monoisotopic (exact) mass is 308 g/mol. The van der Waals surface area contributed by atoms with E-state index in [0.29, 0.717) is 0 Å². The first-order chi connectivity index (χ1) is 11.1. The number of carbonyl (C=O) groups is 1. The van der Waals surface area contributed by atoms with Crippen LogP contribution in [0.15, 0.2) is 59.5 Å². The molecule has 0 atom stereocenters. The second kappa shape index (κ2) is 6.36. The number of fused-ring (bicyclic) bond motifs is 1. The molecule has 0 bridgehead atoms. The van der Waals surface area contributed by atoms with Gasteiger partial charge in [-0.05, 0) is 18.4 Å².